The first-order valence-electron chi connectivity index (χ1n) is 7.76. The molecule has 2 aromatic heterocycles. The van der Waals surface area contributed by atoms with E-state index in [0.29, 0.717) is 22.8 Å². The van der Waals surface area contributed by atoms with Crippen LogP contribution in [-0.2, 0) is 0 Å². The van der Waals surface area contributed by atoms with E-state index in [2.05, 4.69) is 20.7 Å². The van der Waals surface area contributed by atoms with Gasteiger partial charge in [-0.25, -0.2) is 5.43 Å². The lowest BCUT2D eigenvalue weighted by Gasteiger charge is -2.05. The highest BCUT2D eigenvalue weighted by Gasteiger charge is 2.15. The van der Waals surface area contributed by atoms with Gasteiger partial charge in [0, 0.05) is 11.8 Å². The molecular formula is C17H15N5O5. The van der Waals surface area contributed by atoms with Crippen molar-refractivity contribution in [3.05, 3.63) is 63.7 Å². The lowest BCUT2D eigenvalue weighted by molar-refractivity contribution is -0.384. The zero-order valence-corrected chi connectivity index (χ0v) is 14.4. The molecule has 3 rings (SSSR count). The number of benzene rings is 1. The molecule has 10 heteroatoms. The summed E-state index contributed by atoms with van der Waals surface area (Å²) in [5, 5.41) is 21.2. The Labute approximate surface area is 153 Å². The maximum Gasteiger partial charge on any atom is 0.291 e. The number of H-pyrrole nitrogens is 1. The molecule has 3 aromatic rings. The highest BCUT2D eigenvalue weighted by Crippen LogP contribution is 2.33. The van der Waals surface area contributed by atoms with E-state index in [0.717, 1.165) is 5.69 Å². The van der Waals surface area contributed by atoms with Crippen molar-refractivity contribution in [2.24, 2.45) is 5.10 Å². The van der Waals surface area contributed by atoms with E-state index >= 15 is 0 Å². The quantitative estimate of drug-likeness (QED) is 0.389. The van der Waals surface area contributed by atoms with Crippen LogP contribution in [0.2, 0.25) is 0 Å². The number of nitrogens with zero attached hydrogens (tertiary/aromatic N) is 3. The van der Waals surface area contributed by atoms with Gasteiger partial charge < -0.3 is 9.15 Å². The first-order chi connectivity index (χ1) is 13.0. The van der Waals surface area contributed by atoms with Crippen molar-refractivity contribution in [2.45, 2.75) is 6.92 Å². The largest absolute Gasteiger partial charge is 0.496 e. The van der Waals surface area contributed by atoms with Crippen LogP contribution in [0, 0.1) is 17.0 Å². The number of amides is 1. The van der Waals surface area contributed by atoms with Crippen molar-refractivity contribution in [1.82, 2.24) is 15.6 Å². The molecule has 0 aliphatic carbocycles. The highest BCUT2D eigenvalue weighted by atomic mass is 16.6. The molecule has 1 aromatic carbocycles. The molecule has 0 aliphatic heterocycles. The minimum Gasteiger partial charge on any atom is -0.496 e. The predicted molar refractivity (Wildman–Crippen MR) is 95.7 cm³/mol. The van der Waals surface area contributed by atoms with Gasteiger partial charge in [0.1, 0.15) is 17.3 Å². The number of furan rings is 1. The third-order valence-corrected chi connectivity index (χ3v) is 3.58. The lowest BCUT2D eigenvalue weighted by atomic mass is 10.1. The summed E-state index contributed by atoms with van der Waals surface area (Å²) < 4.78 is 10.8. The summed E-state index contributed by atoms with van der Waals surface area (Å²) in [7, 11) is 1.42. The fourth-order valence-electron chi connectivity index (χ4n) is 2.31. The molecule has 0 saturated heterocycles. The molecule has 0 aliphatic rings. The van der Waals surface area contributed by atoms with Crippen LogP contribution in [0.3, 0.4) is 0 Å². The van der Waals surface area contributed by atoms with Gasteiger partial charge in [0.05, 0.1) is 29.9 Å². The number of carbonyl (C=O) groups excluding carboxylic acids is 1. The third-order valence-electron chi connectivity index (χ3n) is 3.58. The van der Waals surface area contributed by atoms with Gasteiger partial charge in [-0.05, 0) is 31.2 Å². The standard InChI is InChI=1S/C17H15N5O5/c1-10-7-14(20-19-10)17(23)21-18-9-12-4-6-15(27-12)13-5-3-11(22(24)25)8-16(13)26-2/h3-9H,1-2H3,(H,19,20)(H,21,23)/b18-9+. The van der Waals surface area contributed by atoms with Gasteiger partial charge in [-0.1, -0.05) is 0 Å². The van der Waals surface area contributed by atoms with Gasteiger partial charge in [-0.2, -0.15) is 10.2 Å². The Balaban J connectivity index is 1.73. The Morgan fingerprint density at radius 3 is 2.85 bits per heavy atom. The zero-order chi connectivity index (χ0) is 19.4. The topological polar surface area (TPSA) is 136 Å². The second kappa shape index (κ2) is 7.52. The Kier molecular flexibility index (Phi) is 4.97. The number of hydrogen-bond donors (Lipinski definition) is 2. The van der Waals surface area contributed by atoms with Crippen molar-refractivity contribution in [3.8, 4) is 17.1 Å². The Bertz CT molecular complexity index is 1020. The Morgan fingerprint density at radius 2 is 2.19 bits per heavy atom. The molecule has 0 spiro atoms. The molecule has 0 unspecified atom stereocenters. The molecule has 0 radical (unpaired) electrons. The molecule has 27 heavy (non-hydrogen) atoms. The summed E-state index contributed by atoms with van der Waals surface area (Å²) in [5.41, 5.74) is 3.80. The Hall–Kier alpha value is -3.95. The molecule has 0 saturated carbocycles. The SMILES string of the molecule is COc1cc([N+](=O)[O-])ccc1-c1ccc(/C=N/NC(=O)c2cc(C)[nH]n2)o1. The maximum absolute atomic E-state index is 11.8. The number of aromatic nitrogens is 2. The molecule has 0 bridgehead atoms. The summed E-state index contributed by atoms with van der Waals surface area (Å²) in [6, 6.07) is 9.13. The van der Waals surface area contributed by atoms with Crippen LogP contribution < -0.4 is 10.2 Å². The van der Waals surface area contributed by atoms with Crippen LogP contribution in [0.25, 0.3) is 11.3 Å². The first-order valence-corrected chi connectivity index (χ1v) is 7.76. The number of aromatic amines is 1. The van der Waals surface area contributed by atoms with Crippen LogP contribution in [0.1, 0.15) is 21.9 Å². The second-order valence-corrected chi connectivity index (χ2v) is 5.48. The minimum atomic E-state index is -0.504. The van der Waals surface area contributed by atoms with E-state index in [1.54, 1.807) is 31.2 Å². The van der Waals surface area contributed by atoms with E-state index in [4.69, 9.17) is 9.15 Å². The van der Waals surface area contributed by atoms with E-state index in [-0.39, 0.29) is 11.4 Å². The molecular weight excluding hydrogens is 354 g/mol. The van der Waals surface area contributed by atoms with Gasteiger partial charge in [0.25, 0.3) is 11.6 Å². The monoisotopic (exact) mass is 369 g/mol. The van der Waals surface area contributed by atoms with Crippen molar-refractivity contribution in [1.29, 1.82) is 0 Å². The number of nitro benzene ring substituents is 1. The zero-order valence-electron chi connectivity index (χ0n) is 14.4. The maximum atomic E-state index is 11.8. The number of nitrogens with one attached hydrogen (secondary N) is 2. The van der Waals surface area contributed by atoms with Gasteiger partial charge >= 0.3 is 0 Å². The third kappa shape index (κ3) is 4.00. The number of ether oxygens (including phenoxy) is 1. The number of hydrogen-bond acceptors (Lipinski definition) is 7. The fraction of sp³-hybridized carbons (Fsp3) is 0.118. The molecule has 2 heterocycles. The summed E-state index contributed by atoms with van der Waals surface area (Å²) in [5.74, 6) is 0.671. The van der Waals surface area contributed by atoms with Crippen LogP contribution in [0.4, 0.5) is 5.69 Å². The van der Waals surface area contributed by atoms with Crippen LogP contribution >= 0.6 is 0 Å². The number of hydrazone groups is 1. The molecule has 0 fully saturated rings. The molecule has 2 N–H and O–H groups in total. The second-order valence-electron chi connectivity index (χ2n) is 5.48. The number of nitro groups is 1. The summed E-state index contributed by atoms with van der Waals surface area (Å²) in [4.78, 5) is 22.2. The molecule has 0 atom stereocenters. The van der Waals surface area contributed by atoms with Crippen LogP contribution in [0.5, 0.6) is 5.75 Å². The van der Waals surface area contributed by atoms with Gasteiger partial charge in [-0.15, -0.1) is 0 Å². The van der Waals surface area contributed by atoms with Gasteiger partial charge in [0.2, 0.25) is 0 Å². The van der Waals surface area contributed by atoms with Gasteiger partial charge in [0.15, 0.2) is 5.69 Å². The van der Waals surface area contributed by atoms with Crippen molar-refractivity contribution in [3.63, 3.8) is 0 Å². The number of non-ortho nitro benzene ring substituents is 1. The van der Waals surface area contributed by atoms with E-state index < -0.39 is 10.8 Å². The average molecular weight is 369 g/mol. The summed E-state index contributed by atoms with van der Waals surface area (Å²) in [6.07, 6.45) is 1.33. The van der Waals surface area contributed by atoms with Gasteiger partial charge in [-0.3, -0.25) is 20.0 Å². The molecule has 138 valence electrons. The first kappa shape index (κ1) is 17.9. The predicted octanol–water partition coefficient (Wildman–Crippen LogP) is 2.66. The number of methoxy groups -OCH3 is 1. The summed E-state index contributed by atoms with van der Waals surface area (Å²) in [6.45, 7) is 1.78. The molecule has 10 nitrogen and oxygen atoms in total. The number of aryl methyl sites for hydroxylation is 1. The van der Waals surface area contributed by atoms with Crippen LogP contribution in [-0.4, -0.2) is 34.4 Å². The average Bonchev–Trinajstić information content (AvgIpc) is 3.30. The van der Waals surface area contributed by atoms with Crippen molar-refractivity contribution in [2.75, 3.05) is 7.11 Å². The summed E-state index contributed by atoms with van der Waals surface area (Å²) >= 11 is 0. The number of carbonyl (C=O) groups is 1. The molecule has 1 amide bonds. The minimum absolute atomic E-state index is 0.0831. The Morgan fingerprint density at radius 1 is 1.37 bits per heavy atom. The fourth-order valence-corrected chi connectivity index (χ4v) is 2.31. The van der Waals surface area contributed by atoms with E-state index in [1.807, 2.05) is 0 Å². The lowest BCUT2D eigenvalue weighted by Crippen LogP contribution is -2.17. The van der Waals surface area contributed by atoms with Crippen molar-refractivity contribution >= 4 is 17.8 Å². The van der Waals surface area contributed by atoms with E-state index in [9.17, 15) is 14.9 Å². The number of rotatable bonds is 6. The normalized spacial score (nSPS) is 10.9. The smallest absolute Gasteiger partial charge is 0.291 e. The highest BCUT2D eigenvalue weighted by molar-refractivity contribution is 5.93. The van der Waals surface area contributed by atoms with E-state index in [1.165, 1.54) is 25.5 Å². The van der Waals surface area contributed by atoms with Crippen LogP contribution in [0.15, 0.2) is 45.9 Å². The van der Waals surface area contributed by atoms with Crippen molar-refractivity contribution < 1.29 is 18.9 Å².